The van der Waals surface area contributed by atoms with Crippen molar-refractivity contribution in [1.82, 2.24) is 14.9 Å². The lowest BCUT2D eigenvalue weighted by molar-refractivity contribution is -0.148. The van der Waals surface area contributed by atoms with E-state index in [4.69, 9.17) is 23.9 Å². The molecule has 3 heterocycles. The Labute approximate surface area is 196 Å². The molecule has 0 radical (unpaired) electrons. The van der Waals surface area contributed by atoms with Gasteiger partial charge >= 0.3 is 6.09 Å². The molecule has 9 heteroatoms. The van der Waals surface area contributed by atoms with E-state index in [1.54, 1.807) is 18.0 Å². The monoisotopic (exact) mass is 465 g/mol. The van der Waals surface area contributed by atoms with E-state index >= 15 is 0 Å². The third-order valence-electron chi connectivity index (χ3n) is 5.81. The molecule has 2 fully saturated rings. The number of hydrogen-bond donors (Lipinski definition) is 1. The zero-order chi connectivity index (χ0) is 24.4. The van der Waals surface area contributed by atoms with Crippen molar-refractivity contribution in [2.24, 2.45) is 0 Å². The normalized spacial score (nSPS) is 23.4. The van der Waals surface area contributed by atoms with E-state index < -0.39 is 17.0 Å². The molecule has 3 rings (SSSR count). The fraction of sp³-hybridized carbons (Fsp3) is 0.792. The van der Waals surface area contributed by atoms with Gasteiger partial charge < -0.3 is 29.0 Å². The van der Waals surface area contributed by atoms with Crippen molar-refractivity contribution in [2.45, 2.75) is 90.3 Å². The zero-order valence-electron chi connectivity index (χ0n) is 21.0. The van der Waals surface area contributed by atoms with Gasteiger partial charge in [0.1, 0.15) is 23.1 Å². The Bertz CT molecular complexity index is 828. The molecule has 1 amide bonds. The molecule has 1 N–H and O–H groups in total. The first-order valence-electron chi connectivity index (χ1n) is 11.7. The third-order valence-corrected chi connectivity index (χ3v) is 5.81. The van der Waals surface area contributed by atoms with Crippen molar-refractivity contribution < 1.29 is 28.8 Å². The summed E-state index contributed by atoms with van der Waals surface area (Å²) in [7, 11) is 0. The van der Waals surface area contributed by atoms with Crippen LogP contribution in [-0.4, -0.2) is 76.5 Å². The van der Waals surface area contributed by atoms with Crippen molar-refractivity contribution in [3.8, 4) is 0 Å². The van der Waals surface area contributed by atoms with Crippen molar-refractivity contribution in [1.29, 1.82) is 0 Å². The van der Waals surface area contributed by atoms with E-state index in [0.717, 1.165) is 18.5 Å². The van der Waals surface area contributed by atoms with Gasteiger partial charge in [-0.05, 0) is 61.3 Å². The first kappa shape index (κ1) is 25.8. The number of hydrogen-bond acceptors (Lipinski definition) is 8. The summed E-state index contributed by atoms with van der Waals surface area (Å²) in [5, 5.41) is 11.3. The minimum absolute atomic E-state index is 0.0868. The Morgan fingerprint density at radius 3 is 2.52 bits per heavy atom. The molecule has 2 atom stereocenters. The van der Waals surface area contributed by atoms with E-state index in [9.17, 15) is 9.90 Å². The number of likely N-dealkylation sites (tertiary alicyclic amines) is 1. The van der Waals surface area contributed by atoms with E-state index in [1.165, 1.54) is 0 Å². The van der Waals surface area contributed by atoms with E-state index in [-0.39, 0.29) is 24.7 Å². The number of carbonyl (C=O) groups excluding carboxylic acids is 1. The van der Waals surface area contributed by atoms with E-state index in [1.807, 2.05) is 41.5 Å². The highest BCUT2D eigenvalue weighted by Crippen LogP contribution is 2.34. The standard InChI is InChI=1S/C24H39N3O6/c1-16-25-12-19(24(7,29)15-30-13-18-14-31-23(5,6)32-18)20(26-16)17-8-10-27(11-9-17)21(28)33-22(2,3)4/h12,17-18,29H,8-11,13-15H2,1-7H3/t18-,24?/m1/s1. The smallest absolute Gasteiger partial charge is 0.410 e. The van der Waals surface area contributed by atoms with Crippen LogP contribution < -0.4 is 0 Å². The average molecular weight is 466 g/mol. The van der Waals surface area contributed by atoms with Gasteiger partial charge in [0.25, 0.3) is 0 Å². The summed E-state index contributed by atoms with van der Waals surface area (Å²) in [6, 6.07) is 0. The highest BCUT2D eigenvalue weighted by atomic mass is 16.7. The lowest BCUT2D eigenvalue weighted by Gasteiger charge is -2.35. The molecule has 2 aliphatic rings. The highest BCUT2D eigenvalue weighted by molar-refractivity contribution is 5.68. The number of ether oxygens (including phenoxy) is 4. The van der Waals surface area contributed by atoms with E-state index in [2.05, 4.69) is 4.98 Å². The Morgan fingerprint density at radius 2 is 1.94 bits per heavy atom. The van der Waals surface area contributed by atoms with E-state index in [0.29, 0.717) is 37.7 Å². The minimum atomic E-state index is -1.26. The summed E-state index contributed by atoms with van der Waals surface area (Å²) in [4.78, 5) is 23.2. The number of aromatic nitrogens is 2. The summed E-state index contributed by atoms with van der Waals surface area (Å²) in [6.45, 7) is 14.9. The zero-order valence-corrected chi connectivity index (χ0v) is 21.0. The quantitative estimate of drug-likeness (QED) is 0.683. The molecule has 1 unspecified atom stereocenters. The van der Waals surface area contributed by atoms with Crippen LogP contribution in [-0.2, 0) is 24.5 Å². The van der Waals surface area contributed by atoms with Crippen LogP contribution in [0.25, 0.3) is 0 Å². The van der Waals surface area contributed by atoms with Gasteiger partial charge in [0.15, 0.2) is 5.79 Å². The molecule has 1 aromatic rings. The van der Waals surface area contributed by atoms with Crippen LogP contribution in [0, 0.1) is 6.92 Å². The largest absolute Gasteiger partial charge is 0.444 e. The molecular weight excluding hydrogens is 426 g/mol. The highest BCUT2D eigenvalue weighted by Gasteiger charge is 2.36. The lowest BCUT2D eigenvalue weighted by Crippen LogP contribution is -2.42. The number of amides is 1. The second-order valence-corrected chi connectivity index (χ2v) is 10.7. The maximum absolute atomic E-state index is 12.4. The van der Waals surface area contributed by atoms with Gasteiger partial charge in [-0.15, -0.1) is 0 Å². The first-order chi connectivity index (χ1) is 15.3. The Kier molecular flexibility index (Phi) is 7.68. The van der Waals surface area contributed by atoms with Crippen molar-refractivity contribution in [3.05, 3.63) is 23.3 Å². The van der Waals surface area contributed by atoms with Crippen molar-refractivity contribution >= 4 is 6.09 Å². The number of aryl methyl sites for hydroxylation is 1. The van der Waals surface area contributed by atoms with Crippen LogP contribution in [0.1, 0.15) is 77.4 Å². The molecule has 2 saturated heterocycles. The van der Waals surface area contributed by atoms with Crippen LogP contribution in [0.3, 0.4) is 0 Å². The summed E-state index contributed by atoms with van der Waals surface area (Å²) >= 11 is 0. The van der Waals surface area contributed by atoms with Crippen LogP contribution >= 0.6 is 0 Å². The minimum Gasteiger partial charge on any atom is -0.444 e. The van der Waals surface area contributed by atoms with Crippen LogP contribution in [0.4, 0.5) is 4.79 Å². The molecule has 0 saturated carbocycles. The molecule has 9 nitrogen and oxygen atoms in total. The Balaban J connectivity index is 1.63. The number of piperidine rings is 1. The average Bonchev–Trinajstić information content (AvgIpc) is 3.05. The van der Waals surface area contributed by atoms with Crippen LogP contribution in [0.2, 0.25) is 0 Å². The maximum Gasteiger partial charge on any atom is 0.410 e. The van der Waals surface area contributed by atoms with Crippen LogP contribution in [0.15, 0.2) is 6.20 Å². The third kappa shape index (κ3) is 7.09. The Morgan fingerprint density at radius 1 is 1.27 bits per heavy atom. The van der Waals surface area contributed by atoms with Gasteiger partial charge in [-0.3, -0.25) is 0 Å². The summed E-state index contributed by atoms with van der Waals surface area (Å²) < 4.78 is 22.6. The molecule has 1 aromatic heterocycles. The van der Waals surface area contributed by atoms with Crippen molar-refractivity contribution in [3.63, 3.8) is 0 Å². The fourth-order valence-electron chi connectivity index (χ4n) is 4.19. The number of nitrogens with zero attached hydrogens (tertiary/aromatic N) is 3. The SMILES string of the molecule is Cc1ncc(C(C)(O)COC[C@@H]2COC(C)(C)O2)c(C2CCN(C(=O)OC(C)(C)C)CC2)n1. The Hall–Kier alpha value is -1.81. The second kappa shape index (κ2) is 9.82. The summed E-state index contributed by atoms with van der Waals surface area (Å²) in [5.41, 5.74) is -0.302. The molecule has 0 aromatic carbocycles. The number of rotatable bonds is 6. The van der Waals surface area contributed by atoms with Gasteiger partial charge in [0, 0.05) is 30.8 Å². The van der Waals surface area contributed by atoms with Gasteiger partial charge in [0.2, 0.25) is 0 Å². The molecule has 33 heavy (non-hydrogen) atoms. The van der Waals surface area contributed by atoms with Gasteiger partial charge in [-0.1, -0.05) is 0 Å². The molecular formula is C24H39N3O6. The predicted octanol–water partition coefficient (Wildman–Crippen LogP) is 3.28. The molecule has 0 spiro atoms. The van der Waals surface area contributed by atoms with Gasteiger partial charge in [-0.2, -0.15) is 0 Å². The summed E-state index contributed by atoms with van der Waals surface area (Å²) in [5.74, 6) is 0.154. The lowest BCUT2D eigenvalue weighted by atomic mass is 9.86. The predicted molar refractivity (Wildman–Crippen MR) is 122 cm³/mol. The number of carbonyl (C=O) groups is 1. The van der Waals surface area contributed by atoms with Crippen molar-refractivity contribution in [2.75, 3.05) is 32.9 Å². The summed E-state index contributed by atoms with van der Waals surface area (Å²) in [6.07, 6.45) is 2.71. The molecule has 2 aliphatic heterocycles. The topological polar surface area (TPSA) is 103 Å². The molecule has 0 bridgehead atoms. The molecule has 0 aliphatic carbocycles. The van der Waals surface area contributed by atoms with Gasteiger partial charge in [-0.25, -0.2) is 14.8 Å². The maximum atomic E-state index is 12.4. The number of aliphatic hydroxyl groups is 1. The molecule has 186 valence electrons. The fourth-order valence-corrected chi connectivity index (χ4v) is 4.19. The van der Waals surface area contributed by atoms with Crippen LogP contribution in [0.5, 0.6) is 0 Å². The van der Waals surface area contributed by atoms with Gasteiger partial charge in [0.05, 0.1) is 25.5 Å². The second-order valence-electron chi connectivity index (χ2n) is 10.7. The first-order valence-corrected chi connectivity index (χ1v) is 11.7.